The Morgan fingerprint density at radius 1 is 0.526 bits per heavy atom. The molecule has 6 rings (SSSR count). The molecule has 2 heterocycles. The fourth-order valence-corrected chi connectivity index (χ4v) is 3.74. The van der Waals surface area contributed by atoms with Crippen molar-refractivity contribution in [3.8, 4) is 22.5 Å². The number of benzene rings is 4. The Morgan fingerprint density at radius 3 is 1.63 bits per heavy atom. The summed E-state index contributed by atoms with van der Waals surface area (Å²) in [4.78, 5) is 9.85. The van der Waals surface area contributed by atoms with Crippen LogP contribution in [0.1, 0.15) is 0 Å². The van der Waals surface area contributed by atoms with Crippen LogP contribution in [0.4, 0.5) is 22.0 Å². The maximum atomic E-state index is 12.0. The van der Waals surface area contributed by atoms with Crippen molar-refractivity contribution < 1.29 is 43.0 Å². The SMILES string of the molecule is Fc1[c-]c(F)c(F)c(F)c1F.[Pt+2].[c-]1ccccc1-c1ccc2ccc3ccc(-c4ccccc4)nc3c2n1. The van der Waals surface area contributed by atoms with Gasteiger partial charge in [-0.1, -0.05) is 60.7 Å². The molecule has 0 bridgehead atoms. The van der Waals surface area contributed by atoms with E-state index in [2.05, 4.69) is 48.5 Å². The summed E-state index contributed by atoms with van der Waals surface area (Å²) in [5, 5.41) is 2.19. The molecule has 0 saturated heterocycles. The van der Waals surface area contributed by atoms with Crippen molar-refractivity contribution >= 4 is 21.8 Å². The Labute approximate surface area is 229 Å². The predicted molar refractivity (Wildman–Crippen MR) is 132 cm³/mol. The summed E-state index contributed by atoms with van der Waals surface area (Å²) in [5.41, 5.74) is 5.84. The molecule has 6 aromatic rings. The predicted octanol–water partition coefficient (Wildman–Crippen LogP) is 8.10. The summed E-state index contributed by atoms with van der Waals surface area (Å²) < 4.78 is 59.9. The Hall–Kier alpha value is -3.96. The van der Waals surface area contributed by atoms with Gasteiger partial charge in [0.2, 0.25) is 0 Å². The standard InChI is InChI=1S/C24H15N2.C6F5.Pt/c1-3-7-17(8-4-1)21-15-13-19-11-12-20-14-16-22(18-9-5-2-6-10-18)26-24(20)23(19)25-21;7-2-1-3(8)5(10)6(11)4(2)9;/h1-9,11-16H;;/q2*-1;+2. The third-order valence-electron chi connectivity index (χ3n) is 5.56. The number of nitrogens with zero attached hydrogens (tertiary/aromatic N) is 2. The first-order valence-corrected chi connectivity index (χ1v) is 11.1. The van der Waals surface area contributed by atoms with E-state index < -0.39 is 29.1 Å². The van der Waals surface area contributed by atoms with Crippen molar-refractivity contribution in [3.05, 3.63) is 132 Å². The number of hydrogen-bond donors (Lipinski definition) is 0. The number of hydrogen-bond acceptors (Lipinski definition) is 2. The van der Waals surface area contributed by atoms with E-state index in [1.165, 1.54) is 0 Å². The first-order chi connectivity index (χ1) is 17.9. The molecule has 4 aromatic carbocycles. The normalized spacial score (nSPS) is 10.6. The molecule has 0 aliphatic heterocycles. The molecule has 8 heteroatoms. The number of halogens is 5. The zero-order valence-corrected chi connectivity index (χ0v) is 21.5. The van der Waals surface area contributed by atoms with E-state index in [-0.39, 0.29) is 21.1 Å². The maximum Gasteiger partial charge on any atom is 2.00 e. The van der Waals surface area contributed by atoms with Crippen molar-refractivity contribution in [3.63, 3.8) is 0 Å². The first-order valence-electron chi connectivity index (χ1n) is 11.1. The molecular formula is C30H15F5N2Pt. The second kappa shape index (κ2) is 11.6. The topological polar surface area (TPSA) is 25.8 Å². The van der Waals surface area contributed by atoms with Crippen LogP contribution in [0.25, 0.3) is 44.3 Å². The van der Waals surface area contributed by atoms with Crippen LogP contribution >= 0.6 is 0 Å². The molecule has 0 radical (unpaired) electrons. The number of fused-ring (bicyclic) bond motifs is 3. The van der Waals surface area contributed by atoms with Crippen LogP contribution in [0.15, 0.2) is 91.0 Å². The van der Waals surface area contributed by atoms with E-state index >= 15 is 0 Å². The summed E-state index contributed by atoms with van der Waals surface area (Å²) in [6.45, 7) is 0. The molecule has 0 N–H and O–H groups in total. The fraction of sp³-hybridized carbons (Fsp3) is 0. The minimum atomic E-state index is -2.17. The minimum Gasteiger partial charge on any atom is -0.294 e. The first kappa shape index (κ1) is 27.1. The minimum absolute atomic E-state index is 0. The van der Waals surface area contributed by atoms with Gasteiger partial charge in [0.1, 0.15) is 0 Å². The van der Waals surface area contributed by atoms with E-state index in [1.807, 2.05) is 48.5 Å². The van der Waals surface area contributed by atoms with Gasteiger partial charge in [-0.05, 0) is 11.8 Å². The van der Waals surface area contributed by atoms with Crippen LogP contribution in [-0.2, 0) is 21.1 Å². The van der Waals surface area contributed by atoms with Gasteiger partial charge in [0.15, 0.2) is 0 Å². The van der Waals surface area contributed by atoms with Gasteiger partial charge in [-0.15, -0.1) is 42.0 Å². The van der Waals surface area contributed by atoms with Crippen molar-refractivity contribution in [2.75, 3.05) is 0 Å². The van der Waals surface area contributed by atoms with Gasteiger partial charge in [-0.3, -0.25) is 13.8 Å². The fourth-order valence-electron chi connectivity index (χ4n) is 3.74. The molecule has 0 unspecified atom stereocenters. The van der Waals surface area contributed by atoms with Crippen molar-refractivity contribution in [1.29, 1.82) is 0 Å². The summed E-state index contributed by atoms with van der Waals surface area (Å²) in [5.74, 6) is -10.0. The monoisotopic (exact) mass is 693 g/mol. The molecule has 0 aliphatic carbocycles. The van der Waals surface area contributed by atoms with Crippen LogP contribution < -0.4 is 0 Å². The molecule has 190 valence electrons. The largest absolute Gasteiger partial charge is 2.00 e. The summed E-state index contributed by atoms with van der Waals surface area (Å²) >= 11 is 0. The quantitative estimate of drug-likeness (QED) is 0.0603. The average Bonchev–Trinajstić information content (AvgIpc) is 2.95. The number of aromatic nitrogens is 2. The van der Waals surface area contributed by atoms with Crippen LogP contribution in [-0.4, -0.2) is 9.97 Å². The van der Waals surface area contributed by atoms with Crippen LogP contribution in [0, 0.1) is 41.2 Å². The second-order valence-electron chi connectivity index (χ2n) is 7.94. The number of pyridine rings is 2. The molecule has 0 fully saturated rings. The van der Waals surface area contributed by atoms with E-state index in [1.54, 1.807) is 0 Å². The molecule has 2 nitrogen and oxygen atoms in total. The van der Waals surface area contributed by atoms with Crippen LogP contribution in [0.5, 0.6) is 0 Å². The zero-order valence-electron chi connectivity index (χ0n) is 19.3. The van der Waals surface area contributed by atoms with E-state index in [4.69, 9.17) is 9.97 Å². The molecule has 0 spiro atoms. The molecule has 38 heavy (non-hydrogen) atoms. The zero-order chi connectivity index (χ0) is 25.9. The van der Waals surface area contributed by atoms with Crippen molar-refractivity contribution in [1.82, 2.24) is 9.97 Å². The number of rotatable bonds is 2. The molecule has 0 aliphatic rings. The van der Waals surface area contributed by atoms with E-state index in [0.717, 1.165) is 50.4 Å². The molecule has 0 amide bonds. The Morgan fingerprint density at radius 2 is 1.05 bits per heavy atom. The smallest absolute Gasteiger partial charge is 0.294 e. The van der Waals surface area contributed by atoms with Gasteiger partial charge in [0.05, 0.1) is 45.8 Å². The maximum absolute atomic E-state index is 12.0. The average molecular weight is 694 g/mol. The van der Waals surface area contributed by atoms with E-state index in [9.17, 15) is 22.0 Å². The summed E-state index contributed by atoms with van der Waals surface area (Å²) in [7, 11) is 0. The van der Waals surface area contributed by atoms with Crippen molar-refractivity contribution in [2.24, 2.45) is 0 Å². The van der Waals surface area contributed by atoms with Crippen LogP contribution in [0.2, 0.25) is 0 Å². The Balaban J connectivity index is 0.000000238. The third-order valence-corrected chi connectivity index (χ3v) is 5.56. The van der Waals surface area contributed by atoms with Gasteiger partial charge < -0.3 is 0 Å². The molecule has 0 saturated carbocycles. The van der Waals surface area contributed by atoms with Crippen LogP contribution in [0.3, 0.4) is 0 Å². The molecule has 2 aromatic heterocycles. The summed E-state index contributed by atoms with van der Waals surface area (Å²) in [6, 6.07) is 35.0. The van der Waals surface area contributed by atoms with Gasteiger partial charge in [0, 0.05) is 16.3 Å². The van der Waals surface area contributed by atoms with Gasteiger partial charge >= 0.3 is 21.1 Å². The van der Waals surface area contributed by atoms with Gasteiger partial charge in [-0.25, -0.2) is 18.2 Å². The van der Waals surface area contributed by atoms with E-state index in [0.29, 0.717) is 0 Å². The Bertz CT molecular complexity index is 1600. The third kappa shape index (κ3) is 5.48. The van der Waals surface area contributed by atoms with Crippen molar-refractivity contribution in [2.45, 2.75) is 0 Å². The van der Waals surface area contributed by atoms with Gasteiger partial charge in [0.25, 0.3) is 0 Å². The molecular weight excluding hydrogens is 678 g/mol. The summed E-state index contributed by atoms with van der Waals surface area (Å²) in [6.07, 6.45) is 0. The second-order valence-corrected chi connectivity index (χ2v) is 7.94. The van der Waals surface area contributed by atoms with Gasteiger partial charge in [-0.2, -0.15) is 0 Å². The Kier molecular flexibility index (Phi) is 8.28. The molecule has 0 atom stereocenters.